The van der Waals surface area contributed by atoms with E-state index in [4.69, 9.17) is 4.98 Å². The Hall–Kier alpha value is -3.40. The molecule has 0 atom stereocenters. The second-order valence-electron chi connectivity index (χ2n) is 6.38. The fourth-order valence-corrected chi connectivity index (χ4v) is 3.07. The number of pyridine rings is 1. The maximum Gasteiger partial charge on any atom is 0.256 e. The topological polar surface area (TPSA) is 46.4 Å². The summed E-state index contributed by atoms with van der Waals surface area (Å²) in [6.45, 7) is 4.07. The Bertz CT molecular complexity index is 1100. The van der Waals surface area contributed by atoms with Crippen molar-refractivity contribution in [2.24, 2.45) is 0 Å². The third-order valence-electron chi connectivity index (χ3n) is 4.43. The SMILES string of the molecule is Cc1ccc2nc(-c3ccccc3C)c(NC(=O)c3ccccc3)n2c1. The van der Waals surface area contributed by atoms with E-state index in [2.05, 4.69) is 5.32 Å². The molecule has 26 heavy (non-hydrogen) atoms. The Morgan fingerprint density at radius 1 is 0.923 bits per heavy atom. The number of aryl methyl sites for hydroxylation is 2. The molecule has 4 nitrogen and oxygen atoms in total. The van der Waals surface area contributed by atoms with Crippen molar-refractivity contribution in [1.82, 2.24) is 9.38 Å². The highest BCUT2D eigenvalue weighted by atomic mass is 16.1. The minimum atomic E-state index is -0.149. The number of nitrogens with zero attached hydrogens (tertiary/aromatic N) is 2. The highest BCUT2D eigenvalue weighted by Gasteiger charge is 2.18. The molecule has 2 aromatic carbocycles. The average molecular weight is 341 g/mol. The Labute approximate surface area is 152 Å². The molecule has 0 saturated carbocycles. The molecule has 4 aromatic rings. The van der Waals surface area contributed by atoms with Gasteiger partial charge in [-0.3, -0.25) is 9.20 Å². The molecule has 0 spiro atoms. The molecule has 0 saturated heterocycles. The first-order chi connectivity index (χ1) is 12.6. The van der Waals surface area contributed by atoms with E-state index in [-0.39, 0.29) is 5.91 Å². The van der Waals surface area contributed by atoms with Crippen LogP contribution in [-0.4, -0.2) is 15.3 Å². The number of aromatic nitrogens is 2. The highest BCUT2D eigenvalue weighted by molar-refractivity contribution is 6.05. The van der Waals surface area contributed by atoms with Gasteiger partial charge in [-0.1, -0.05) is 48.5 Å². The van der Waals surface area contributed by atoms with Gasteiger partial charge in [0.05, 0.1) is 0 Å². The fraction of sp³-hybridized carbons (Fsp3) is 0.0909. The molecule has 0 fully saturated rings. The van der Waals surface area contributed by atoms with Gasteiger partial charge in [0.2, 0.25) is 0 Å². The summed E-state index contributed by atoms with van der Waals surface area (Å²) in [4.78, 5) is 17.5. The van der Waals surface area contributed by atoms with Gasteiger partial charge in [-0.2, -0.15) is 0 Å². The van der Waals surface area contributed by atoms with Gasteiger partial charge in [-0.15, -0.1) is 0 Å². The largest absolute Gasteiger partial charge is 0.306 e. The lowest BCUT2D eigenvalue weighted by Crippen LogP contribution is -2.14. The van der Waals surface area contributed by atoms with E-state index in [0.29, 0.717) is 11.4 Å². The van der Waals surface area contributed by atoms with Crippen LogP contribution in [-0.2, 0) is 0 Å². The summed E-state index contributed by atoms with van der Waals surface area (Å²) in [7, 11) is 0. The summed E-state index contributed by atoms with van der Waals surface area (Å²) < 4.78 is 1.94. The van der Waals surface area contributed by atoms with Crippen LogP contribution in [0, 0.1) is 13.8 Å². The molecular formula is C22H19N3O. The monoisotopic (exact) mass is 341 g/mol. The van der Waals surface area contributed by atoms with E-state index in [1.165, 1.54) is 0 Å². The first-order valence-corrected chi connectivity index (χ1v) is 8.54. The molecule has 128 valence electrons. The summed E-state index contributed by atoms with van der Waals surface area (Å²) in [6.07, 6.45) is 1.99. The van der Waals surface area contributed by atoms with Crippen molar-refractivity contribution in [2.45, 2.75) is 13.8 Å². The van der Waals surface area contributed by atoms with E-state index < -0.39 is 0 Å². The zero-order valence-electron chi connectivity index (χ0n) is 14.7. The van der Waals surface area contributed by atoms with Crippen molar-refractivity contribution >= 4 is 17.4 Å². The van der Waals surface area contributed by atoms with Gasteiger partial charge in [0.1, 0.15) is 17.2 Å². The van der Waals surface area contributed by atoms with Crippen LogP contribution in [0.1, 0.15) is 21.5 Å². The van der Waals surface area contributed by atoms with Gasteiger partial charge in [-0.05, 0) is 43.2 Å². The Kier molecular flexibility index (Phi) is 4.01. The maximum atomic E-state index is 12.8. The summed E-state index contributed by atoms with van der Waals surface area (Å²) in [5, 5.41) is 3.06. The van der Waals surface area contributed by atoms with E-state index in [1.54, 1.807) is 12.1 Å². The smallest absolute Gasteiger partial charge is 0.256 e. The number of amides is 1. The predicted octanol–water partition coefficient (Wildman–Crippen LogP) is 4.87. The number of anilines is 1. The molecule has 0 aliphatic rings. The number of carbonyl (C=O) groups excluding carboxylic acids is 1. The summed E-state index contributed by atoms with van der Waals surface area (Å²) in [5.74, 6) is 0.538. The lowest BCUT2D eigenvalue weighted by Gasteiger charge is -2.09. The minimum absolute atomic E-state index is 0.149. The summed E-state index contributed by atoms with van der Waals surface area (Å²) >= 11 is 0. The molecule has 1 amide bonds. The molecule has 1 N–H and O–H groups in total. The second-order valence-corrected chi connectivity index (χ2v) is 6.38. The first-order valence-electron chi connectivity index (χ1n) is 8.54. The van der Waals surface area contributed by atoms with E-state index >= 15 is 0 Å². The number of rotatable bonds is 3. The van der Waals surface area contributed by atoms with Crippen molar-refractivity contribution in [3.63, 3.8) is 0 Å². The zero-order valence-corrected chi connectivity index (χ0v) is 14.7. The average Bonchev–Trinajstić information content (AvgIpc) is 3.00. The molecule has 2 heterocycles. The number of imidazole rings is 1. The molecule has 0 radical (unpaired) electrons. The van der Waals surface area contributed by atoms with Crippen molar-refractivity contribution in [1.29, 1.82) is 0 Å². The number of carbonyl (C=O) groups is 1. The van der Waals surface area contributed by atoms with Gasteiger partial charge >= 0.3 is 0 Å². The summed E-state index contributed by atoms with van der Waals surface area (Å²) in [6, 6.07) is 21.3. The van der Waals surface area contributed by atoms with Crippen molar-refractivity contribution in [2.75, 3.05) is 5.32 Å². The number of fused-ring (bicyclic) bond motifs is 1. The van der Waals surface area contributed by atoms with Gasteiger partial charge in [0.15, 0.2) is 0 Å². The normalized spacial score (nSPS) is 10.8. The van der Waals surface area contributed by atoms with Crippen LogP contribution in [0.3, 0.4) is 0 Å². The number of benzene rings is 2. The number of nitrogens with one attached hydrogen (secondary N) is 1. The van der Waals surface area contributed by atoms with Crippen molar-refractivity contribution < 1.29 is 4.79 Å². The zero-order chi connectivity index (χ0) is 18.1. The van der Waals surface area contributed by atoms with Gasteiger partial charge in [0.25, 0.3) is 5.91 Å². The van der Waals surface area contributed by atoms with Crippen LogP contribution in [0.2, 0.25) is 0 Å². The molecule has 0 aliphatic carbocycles. The molecule has 0 bridgehead atoms. The van der Waals surface area contributed by atoms with E-state index in [0.717, 1.165) is 28.0 Å². The minimum Gasteiger partial charge on any atom is -0.306 e. The van der Waals surface area contributed by atoms with Crippen molar-refractivity contribution in [3.8, 4) is 11.3 Å². The van der Waals surface area contributed by atoms with Crippen LogP contribution in [0.5, 0.6) is 0 Å². The third kappa shape index (κ3) is 2.86. The molecule has 0 aliphatic heterocycles. The standard InChI is InChI=1S/C22H19N3O/c1-15-12-13-19-23-20(18-11-7-6-8-16(18)2)21(25(19)14-15)24-22(26)17-9-4-3-5-10-17/h3-14H,1-2H3,(H,24,26). The van der Waals surface area contributed by atoms with Crippen LogP contribution in [0.4, 0.5) is 5.82 Å². The fourth-order valence-electron chi connectivity index (χ4n) is 3.07. The Morgan fingerprint density at radius 3 is 2.42 bits per heavy atom. The number of hydrogen-bond acceptors (Lipinski definition) is 2. The number of hydrogen-bond donors (Lipinski definition) is 1. The lowest BCUT2D eigenvalue weighted by molar-refractivity contribution is 0.102. The Balaban J connectivity index is 1.88. The molecular weight excluding hydrogens is 322 g/mol. The maximum absolute atomic E-state index is 12.8. The van der Waals surface area contributed by atoms with Crippen LogP contribution >= 0.6 is 0 Å². The van der Waals surface area contributed by atoms with Crippen LogP contribution in [0.25, 0.3) is 16.9 Å². The van der Waals surface area contributed by atoms with E-state index in [1.807, 2.05) is 79.0 Å². The molecule has 4 rings (SSSR count). The van der Waals surface area contributed by atoms with Crippen molar-refractivity contribution in [3.05, 3.63) is 89.6 Å². The molecule has 2 aromatic heterocycles. The van der Waals surface area contributed by atoms with Gasteiger partial charge in [-0.25, -0.2) is 4.98 Å². The molecule has 4 heteroatoms. The molecule has 0 unspecified atom stereocenters. The predicted molar refractivity (Wildman–Crippen MR) is 104 cm³/mol. The van der Waals surface area contributed by atoms with Gasteiger partial charge < -0.3 is 5.32 Å². The second kappa shape index (κ2) is 6.48. The van der Waals surface area contributed by atoms with Crippen LogP contribution < -0.4 is 5.32 Å². The van der Waals surface area contributed by atoms with E-state index in [9.17, 15) is 4.79 Å². The van der Waals surface area contributed by atoms with Gasteiger partial charge in [0, 0.05) is 17.3 Å². The Morgan fingerprint density at radius 2 is 1.65 bits per heavy atom. The summed E-state index contributed by atoms with van der Waals surface area (Å²) in [5.41, 5.74) is 5.42. The lowest BCUT2D eigenvalue weighted by atomic mass is 10.1. The van der Waals surface area contributed by atoms with Crippen LogP contribution in [0.15, 0.2) is 72.9 Å². The highest BCUT2D eigenvalue weighted by Crippen LogP contribution is 2.31. The third-order valence-corrected chi connectivity index (χ3v) is 4.43. The first kappa shape index (κ1) is 16.1. The quantitative estimate of drug-likeness (QED) is 0.578.